The molecular formula is C18H23N3O2. The number of allylic oxidation sites excluding steroid dienone is 1. The number of fused-ring (bicyclic) bond motifs is 1. The van der Waals surface area contributed by atoms with Crippen LogP contribution in [0.3, 0.4) is 0 Å². The number of likely N-dealkylation sites (tertiary alicyclic amines) is 1. The summed E-state index contributed by atoms with van der Waals surface area (Å²) in [6.45, 7) is 2.41. The van der Waals surface area contributed by atoms with Crippen LogP contribution in [0, 0.1) is 12.3 Å². The lowest BCUT2D eigenvalue weighted by Gasteiger charge is -2.46. The Labute approximate surface area is 136 Å². The molecule has 0 radical (unpaired) electrons. The van der Waals surface area contributed by atoms with E-state index in [4.69, 9.17) is 0 Å². The third-order valence-corrected chi connectivity index (χ3v) is 5.13. The second-order valence-corrected chi connectivity index (χ2v) is 6.53. The van der Waals surface area contributed by atoms with Crippen molar-refractivity contribution in [3.8, 4) is 0 Å². The molecule has 2 aliphatic rings. The molecule has 1 atom stereocenters. The van der Waals surface area contributed by atoms with Crippen LogP contribution in [0.2, 0.25) is 0 Å². The molecule has 5 heteroatoms. The Bertz CT molecular complexity index is 668. The zero-order valence-corrected chi connectivity index (χ0v) is 13.8. The number of carbonyl (C=O) groups is 2. The summed E-state index contributed by atoms with van der Waals surface area (Å²) in [6, 6.07) is 3.57. The van der Waals surface area contributed by atoms with Gasteiger partial charge in [0, 0.05) is 43.0 Å². The van der Waals surface area contributed by atoms with Gasteiger partial charge in [0.25, 0.3) is 5.91 Å². The van der Waals surface area contributed by atoms with Gasteiger partial charge in [-0.2, -0.15) is 0 Å². The second-order valence-electron chi connectivity index (χ2n) is 6.53. The Morgan fingerprint density at radius 3 is 3.04 bits per heavy atom. The summed E-state index contributed by atoms with van der Waals surface area (Å²) >= 11 is 0. The van der Waals surface area contributed by atoms with E-state index in [0.29, 0.717) is 18.5 Å². The Hall–Kier alpha value is -2.17. The lowest BCUT2D eigenvalue weighted by atomic mass is 9.70. The molecule has 23 heavy (non-hydrogen) atoms. The quantitative estimate of drug-likeness (QED) is 0.932. The molecule has 0 aromatic carbocycles. The highest BCUT2D eigenvalue weighted by atomic mass is 16.2. The van der Waals surface area contributed by atoms with Crippen LogP contribution in [0.1, 0.15) is 48.2 Å². The maximum atomic E-state index is 12.5. The number of hydrogen-bond acceptors (Lipinski definition) is 3. The summed E-state index contributed by atoms with van der Waals surface area (Å²) in [6.07, 6.45) is 8.35. The Balaban J connectivity index is 1.77. The fraction of sp³-hybridized carbons (Fsp3) is 0.500. The lowest BCUT2D eigenvalue weighted by molar-refractivity contribution is -0.132. The molecule has 2 amide bonds. The van der Waals surface area contributed by atoms with E-state index < -0.39 is 0 Å². The third-order valence-electron chi connectivity index (χ3n) is 5.13. The number of aryl methyl sites for hydroxylation is 1. The summed E-state index contributed by atoms with van der Waals surface area (Å²) in [5, 5.41) is 3.08. The topological polar surface area (TPSA) is 62.3 Å². The number of piperidine rings is 1. The van der Waals surface area contributed by atoms with Crippen LogP contribution in [-0.4, -0.2) is 35.3 Å². The number of pyridine rings is 1. The molecule has 122 valence electrons. The minimum absolute atomic E-state index is 0.0885. The summed E-state index contributed by atoms with van der Waals surface area (Å²) in [5.41, 5.74) is 2.33. The van der Waals surface area contributed by atoms with E-state index >= 15 is 0 Å². The van der Waals surface area contributed by atoms with Gasteiger partial charge in [0.15, 0.2) is 0 Å². The van der Waals surface area contributed by atoms with E-state index in [-0.39, 0.29) is 17.2 Å². The van der Waals surface area contributed by atoms with E-state index in [0.717, 1.165) is 37.1 Å². The fourth-order valence-electron chi connectivity index (χ4n) is 3.75. The predicted octanol–water partition coefficient (Wildman–Crippen LogP) is 2.43. The molecule has 1 aliphatic heterocycles. The van der Waals surface area contributed by atoms with Crippen molar-refractivity contribution in [1.82, 2.24) is 15.2 Å². The van der Waals surface area contributed by atoms with Crippen LogP contribution in [0.4, 0.5) is 0 Å². The van der Waals surface area contributed by atoms with Gasteiger partial charge >= 0.3 is 0 Å². The highest BCUT2D eigenvalue weighted by Gasteiger charge is 2.43. The van der Waals surface area contributed by atoms with Crippen LogP contribution in [0.15, 0.2) is 30.1 Å². The zero-order valence-electron chi connectivity index (χ0n) is 13.8. The van der Waals surface area contributed by atoms with Crippen molar-refractivity contribution in [2.45, 2.75) is 39.0 Å². The molecule has 1 unspecified atom stereocenters. The van der Waals surface area contributed by atoms with Crippen molar-refractivity contribution in [2.75, 3.05) is 13.6 Å². The number of amides is 2. The number of carbonyl (C=O) groups excluding carboxylic acids is 2. The normalized spacial score (nSPS) is 24.0. The third kappa shape index (κ3) is 2.87. The van der Waals surface area contributed by atoms with Crippen molar-refractivity contribution in [2.24, 2.45) is 5.41 Å². The fourth-order valence-corrected chi connectivity index (χ4v) is 3.75. The number of aromatic nitrogens is 1. The van der Waals surface area contributed by atoms with Gasteiger partial charge < -0.3 is 10.2 Å². The smallest absolute Gasteiger partial charge is 0.253 e. The summed E-state index contributed by atoms with van der Waals surface area (Å²) in [4.78, 5) is 30.4. The average molecular weight is 313 g/mol. The number of nitrogens with one attached hydrogen (secondary N) is 1. The summed E-state index contributed by atoms with van der Waals surface area (Å²) in [5.74, 6) is 0.0812. The lowest BCUT2D eigenvalue weighted by Crippen LogP contribution is -2.49. The predicted molar refractivity (Wildman–Crippen MR) is 87.7 cm³/mol. The minimum atomic E-state index is -0.104. The molecule has 3 rings (SSSR count). The molecule has 1 fully saturated rings. The van der Waals surface area contributed by atoms with E-state index in [1.165, 1.54) is 0 Å². The van der Waals surface area contributed by atoms with Crippen LogP contribution in [0.25, 0.3) is 0 Å². The van der Waals surface area contributed by atoms with Gasteiger partial charge in [-0.15, -0.1) is 0 Å². The highest BCUT2D eigenvalue weighted by molar-refractivity contribution is 5.95. The highest BCUT2D eigenvalue weighted by Crippen LogP contribution is 2.45. The first-order valence-electron chi connectivity index (χ1n) is 8.20. The first-order chi connectivity index (χ1) is 11.0. The molecule has 2 heterocycles. The van der Waals surface area contributed by atoms with Crippen LogP contribution >= 0.6 is 0 Å². The molecule has 1 saturated heterocycles. The molecule has 5 nitrogen and oxygen atoms in total. The number of rotatable bonds is 3. The monoisotopic (exact) mass is 313 g/mol. The summed E-state index contributed by atoms with van der Waals surface area (Å²) in [7, 11) is 1.85. The van der Waals surface area contributed by atoms with Gasteiger partial charge in [-0.25, -0.2) is 0 Å². The standard InChI is InChI=1S/C18H23N3O2/c1-13-14(6-5-11-19-13)17(23)20-12-18-9-4-3-7-15(18)21(2)16(22)8-10-18/h5-7,11H,3-4,8-10,12H2,1-2H3,(H,20,23). The number of hydrogen-bond donors (Lipinski definition) is 1. The first-order valence-corrected chi connectivity index (χ1v) is 8.20. The second kappa shape index (κ2) is 6.14. The maximum absolute atomic E-state index is 12.5. The van der Waals surface area contributed by atoms with Gasteiger partial charge in [-0.1, -0.05) is 6.08 Å². The van der Waals surface area contributed by atoms with Gasteiger partial charge in [0.05, 0.1) is 5.56 Å². The molecule has 1 aromatic rings. The molecule has 0 saturated carbocycles. The minimum Gasteiger partial charge on any atom is -0.351 e. The summed E-state index contributed by atoms with van der Waals surface area (Å²) < 4.78 is 0. The van der Waals surface area contributed by atoms with Gasteiger partial charge in [0.2, 0.25) is 5.91 Å². The van der Waals surface area contributed by atoms with Crippen molar-refractivity contribution in [1.29, 1.82) is 0 Å². The SMILES string of the molecule is Cc1ncccc1C(=O)NCC12CCCC=C1N(C)C(=O)CC2. The van der Waals surface area contributed by atoms with Gasteiger partial charge in [-0.05, 0) is 44.7 Å². The van der Waals surface area contributed by atoms with Crippen LogP contribution in [0.5, 0.6) is 0 Å². The molecule has 1 aromatic heterocycles. The molecule has 0 bridgehead atoms. The molecule has 0 spiro atoms. The molecule has 1 N–H and O–H groups in total. The Morgan fingerprint density at radius 1 is 1.43 bits per heavy atom. The first kappa shape index (κ1) is 15.7. The zero-order chi connectivity index (χ0) is 16.4. The molecule has 1 aliphatic carbocycles. The average Bonchev–Trinajstić information content (AvgIpc) is 2.57. The number of nitrogens with zero attached hydrogens (tertiary/aromatic N) is 2. The Kier molecular flexibility index (Phi) is 4.20. The van der Waals surface area contributed by atoms with Crippen LogP contribution in [-0.2, 0) is 4.79 Å². The van der Waals surface area contributed by atoms with Crippen molar-refractivity contribution < 1.29 is 9.59 Å². The largest absolute Gasteiger partial charge is 0.351 e. The van der Waals surface area contributed by atoms with E-state index in [9.17, 15) is 9.59 Å². The Morgan fingerprint density at radius 2 is 2.26 bits per heavy atom. The van der Waals surface area contributed by atoms with E-state index in [2.05, 4.69) is 16.4 Å². The van der Waals surface area contributed by atoms with Crippen LogP contribution < -0.4 is 5.32 Å². The van der Waals surface area contributed by atoms with E-state index in [1.807, 2.05) is 14.0 Å². The maximum Gasteiger partial charge on any atom is 0.253 e. The van der Waals surface area contributed by atoms with Crippen molar-refractivity contribution in [3.63, 3.8) is 0 Å². The van der Waals surface area contributed by atoms with Gasteiger partial charge in [0.1, 0.15) is 0 Å². The molecular weight excluding hydrogens is 290 g/mol. The van der Waals surface area contributed by atoms with E-state index in [1.54, 1.807) is 23.2 Å². The van der Waals surface area contributed by atoms with Crippen molar-refractivity contribution >= 4 is 11.8 Å². The van der Waals surface area contributed by atoms with Crippen molar-refractivity contribution in [3.05, 3.63) is 41.4 Å². The van der Waals surface area contributed by atoms with Gasteiger partial charge in [-0.3, -0.25) is 14.6 Å².